The van der Waals surface area contributed by atoms with Gasteiger partial charge < -0.3 is 9.64 Å². The van der Waals surface area contributed by atoms with Gasteiger partial charge in [-0.25, -0.2) is 9.37 Å². The Hall–Kier alpha value is -2.62. The lowest BCUT2D eigenvalue weighted by Gasteiger charge is -2.18. The molecule has 3 nitrogen and oxygen atoms in total. The van der Waals surface area contributed by atoms with Crippen molar-refractivity contribution in [1.29, 1.82) is 0 Å². The Labute approximate surface area is 153 Å². The zero-order chi connectivity index (χ0) is 18.1. The van der Waals surface area contributed by atoms with Gasteiger partial charge in [0.25, 0.3) is 0 Å². The molecule has 0 saturated carbocycles. The van der Waals surface area contributed by atoms with Crippen molar-refractivity contribution in [3.8, 4) is 5.75 Å². The number of fused-ring (bicyclic) bond motifs is 1. The molecule has 1 atom stereocenters. The number of rotatable bonds is 4. The van der Waals surface area contributed by atoms with E-state index >= 15 is 0 Å². The number of methoxy groups -OCH3 is 1. The Balaban J connectivity index is 1.51. The minimum Gasteiger partial charge on any atom is -0.494 e. The van der Waals surface area contributed by atoms with Crippen LogP contribution in [-0.4, -0.2) is 25.2 Å². The number of hydrogen-bond acceptors (Lipinski definition) is 3. The van der Waals surface area contributed by atoms with Crippen molar-refractivity contribution in [2.75, 3.05) is 25.1 Å². The predicted octanol–water partition coefficient (Wildman–Crippen LogP) is 4.76. The number of anilines is 1. The fourth-order valence-electron chi connectivity index (χ4n) is 3.82. The van der Waals surface area contributed by atoms with Crippen molar-refractivity contribution < 1.29 is 9.13 Å². The zero-order valence-corrected chi connectivity index (χ0v) is 15.2. The van der Waals surface area contributed by atoms with E-state index in [9.17, 15) is 4.39 Å². The van der Waals surface area contributed by atoms with Gasteiger partial charge in [-0.1, -0.05) is 24.3 Å². The molecule has 0 aliphatic carbocycles. The number of aryl methyl sites for hydroxylation is 1. The van der Waals surface area contributed by atoms with Gasteiger partial charge in [0, 0.05) is 18.5 Å². The highest BCUT2D eigenvalue weighted by molar-refractivity contribution is 5.86. The van der Waals surface area contributed by atoms with Crippen molar-refractivity contribution in [2.24, 2.45) is 5.92 Å². The molecule has 0 spiro atoms. The van der Waals surface area contributed by atoms with Crippen LogP contribution in [0.15, 0.2) is 48.5 Å². The monoisotopic (exact) mass is 350 g/mol. The molecule has 4 heteroatoms. The lowest BCUT2D eigenvalue weighted by Crippen LogP contribution is -2.21. The van der Waals surface area contributed by atoms with E-state index in [0.717, 1.165) is 54.0 Å². The molecule has 1 aliphatic rings. The Bertz CT molecular complexity index is 941. The van der Waals surface area contributed by atoms with E-state index in [2.05, 4.69) is 23.1 Å². The van der Waals surface area contributed by atoms with E-state index in [-0.39, 0.29) is 5.82 Å². The molecule has 0 N–H and O–H groups in total. The summed E-state index contributed by atoms with van der Waals surface area (Å²) < 4.78 is 18.9. The zero-order valence-electron chi connectivity index (χ0n) is 15.2. The van der Waals surface area contributed by atoms with E-state index in [1.54, 1.807) is 13.2 Å². The van der Waals surface area contributed by atoms with Gasteiger partial charge in [0.05, 0.1) is 7.11 Å². The molecule has 0 amide bonds. The fraction of sp³-hybridized carbons (Fsp3) is 0.318. The first-order chi connectivity index (χ1) is 12.6. The summed E-state index contributed by atoms with van der Waals surface area (Å²) in [4.78, 5) is 7.19. The molecule has 2 aromatic carbocycles. The van der Waals surface area contributed by atoms with Gasteiger partial charge in [0.1, 0.15) is 22.9 Å². The van der Waals surface area contributed by atoms with Crippen LogP contribution >= 0.6 is 0 Å². The van der Waals surface area contributed by atoms with Crippen LogP contribution in [0.2, 0.25) is 0 Å². The third kappa shape index (κ3) is 3.24. The molecule has 1 unspecified atom stereocenters. The highest BCUT2D eigenvalue weighted by Gasteiger charge is 2.24. The number of ether oxygens (including phenoxy) is 1. The van der Waals surface area contributed by atoms with Crippen molar-refractivity contribution in [3.63, 3.8) is 0 Å². The number of nitrogens with zero attached hydrogens (tertiary/aromatic N) is 2. The maximum Gasteiger partial charge on any atom is 0.145 e. The minimum absolute atomic E-state index is 0.129. The van der Waals surface area contributed by atoms with Crippen molar-refractivity contribution in [2.45, 2.75) is 19.8 Å². The minimum atomic E-state index is -0.129. The number of benzene rings is 2. The molecule has 134 valence electrons. The number of halogens is 1. The molecular weight excluding hydrogens is 327 g/mol. The van der Waals surface area contributed by atoms with Crippen LogP contribution < -0.4 is 9.64 Å². The van der Waals surface area contributed by atoms with Crippen LogP contribution in [0.1, 0.15) is 17.5 Å². The molecule has 3 aromatic rings. The second-order valence-corrected chi connectivity index (χ2v) is 7.09. The van der Waals surface area contributed by atoms with E-state index in [1.165, 1.54) is 5.56 Å². The maximum atomic E-state index is 13.5. The smallest absolute Gasteiger partial charge is 0.145 e. The maximum absolute atomic E-state index is 13.5. The Morgan fingerprint density at radius 3 is 2.88 bits per heavy atom. The van der Waals surface area contributed by atoms with Crippen molar-refractivity contribution >= 4 is 16.7 Å². The quantitative estimate of drug-likeness (QED) is 0.678. The molecular formula is C22H23FN2O. The van der Waals surface area contributed by atoms with E-state index in [1.807, 2.05) is 31.2 Å². The average Bonchev–Trinajstić information content (AvgIpc) is 3.12. The van der Waals surface area contributed by atoms with Crippen LogP contribution in [-0.2, 0) is 6.42 Å². The first kappa shape index (κ1) is 16.8. The molecule has 2 heterocycles. The van der Waals surface area contributed by atoms with Gasteiger partial charge in [-0.2, -0.15) is 0 Å². The summed E-state index contributed by atoms with van der Waals surface area (Å²) >= 11 is 0. The molecule has 1 aromatic heterocycles. The largest absolute Gasteiger partial charge is 0.494 e. The molecule has 26 heavy (non-hydrogen) atoms. The number of hydrogen-bond donors (Lipinski definition) is 0. The Morgan fingerprint density at radius 1 is 1.19 bits per heavy atom. The van der Waals surface area contributed by atoms with Crippen molar-refractivity contribution in [3.05, 3.63) is 65.5 Å². The predicted molar refractivity (Wildman–Crippen MR) is 103 cm³/mol. The summed E-state index contributed by atoms with van der Waals surface area (Å²) in [5.41, 5.74) is 2.84. The van der Waals surface area contributed by atoms with E-state index < -0.39 is 0 Å². The van der Waals surface area contributed by atoms with Gasteiger partial charge in [0.15, 0.2) is 0 Å². The van der Waals surface area contributed by atoms with Gasteiger partial charge in [-0.15, -0.1) is 0 Å². The first-order valence-electron chi connectivity index (χ1n) is 9.08. The molecule has 1 aliphatic heterocycles. The summed E-state index contributed by atoms with van der Waals surface area (Å²) in [5.74, 6) is 2.24. The molecule has 1 saturated heterocycles. The van der Waals surface area contributed by atoms with E-state index in [0.29, 0.717) is 5.92 Å². The summed E-state index contributed by atoms with van der Waals surface area (Å²) in [7, 11) is 1.68. The Morgan fingerprint density at radius 2 is 2.08 bits per heavy atom. The molecule has 0 bridgehead atoms. The summed E-state index contributed by atoms with van der Waals surface area (Å²) in [6.45, 7) is 3.80. The van der Waals surface area contributed by atoms with Gasteiger partial charge in [0.2, 0.25) is 0 Å². The van der Waals surface area contributed by atoms with Crippen LogP contribution in [0.25, 0.3) is 10.9 Å². The number of aromatic nitrogens is 1. The Kier molecular flexibility index (Phi) is 4.49. The first-order valence-corrected chi connectivity index (χ1v) is 9.08. The third-order valence-corrected chi connectivity index (χ3v) is 5.25. The lowest BCUT2D eigenvalue weighted by atomic mass is 9.97. The van der Waals surface area contributed by atoms with Crippen LogP contribution in [0.3, 0.4) is 0 Å². The normalized spacial score (nSPS) is 17.0. The second kappa shape index (κ2) is 6.94. The lowest BCUT2D eigenvalue weighted by molar-refractivity contribution is 0.419. The summed E-state index contributed by atoms with van der Waals surface area (Å²) in [5, 5.41) is 1.09. The van der Waals surface area contributed by atoms with Gasteiger partial charge in [-0.3, -0.25) is 0 Å². The number of pyridine rings is 1. The van der Waals surface area contributed by atoms with Gasteiger partial charge in [-0.05, 0) is 61.1 Å². The highest BCUT2D eigenvalue weighted by Crippen LogP contribution is 2.29. The highest BCUT2D eigenvalue weighted by atomic mass is 19.1. The van der Waals surface area contributed by atoms with Crippen LogP contribution in [0.5, 0.6) is 5.75 Å². The second-order valence-electron chi connectivity index (χ2n) is 7.09. The van der Waals surface area contributed by atoms with Crippen molar-refractivity contribution in [1.82, 2.24) is 4.98 Å². The standard InChI is InChI=1S/C22H23FN2O/c1-15-12-16(6-8-19(15)23)13-17-10-11-25(14-17)21-9-7-18-4-3-5-20(26-2)22(18)24-21/h3-9,12,17H,10-11,13-14H2,1-2H3. The molecule has 4 rings (SSSR count). The van der Waals surface area contributed by atoms with Gasteiger partial charge >= 0.3 is 0 Å². The fourth-order valence-corrected chi connectivity index (χ4v) is 3.82. The topological polar surface area (TPSA) is 25.4 Å². The number of para-hydroxylation sites is 1. The SMILES string of the molecule is COc1cccc2ccc(N3CCC(Cc4ccc(F)c(C)c4)C3)nc12. The molecule has 0 radical (unpaired) electrons. The van der Waals surface area contributed by atoms with Crippen LogP contribution in [0.4, 0.5) is 10.2 Å². The summed E-state index contributed by atoms with van der Waals surface area (Å²) in [6.07, 6.45) is 2.11. The van der Waals surface area contributed by atoms with E-state index in [4.69, 9.17) is 9.72 Å². The molecule has 1 fully saturated rings. The summed E-state index contributed by atoms with van der Waals surface area (Å²) in [6, 6.07) is 15.6. The average molecular weight is 350 g/mol. The van der Waals surface area contributed by atoms with Crippen LogP contribution in [0, 0.1) is 18.7 Å². The third-order valence-electron chi connectivity index (χ3n) is 5.25.